The molecule has 0 aliphatic heterocycles. The van der Waals surface area contributed by atoms with E-state index >= 15 is 0 Å². The molecule has 32 heavy (non-hydrogen) atoms. The number of halogens is 13. The lowest BCUT2D eigenvalue weighted by Gasteiger charge is -2.39. The Hall–Kier alpha value is -1.18. The molecular formula is C15H13F13O2S2. The number of methoxy groups -OCH3 is 1. The maximum absolute atomic E-state index is 13.5. The highest BCUT2D eigenvalue weighted by Gasteiger charge is 2.90. The number of ether oxygens (including phenoxy) is 1. The van der Waals surface area contributed by atoms with Gasteiger partial charge in [-0.15, -0.1) is 23.5 Å². The van der Waals surface area contributed by atoms with Crippen molar-refractivity contribution in [3.05, 3.63) is 0 Å². The Kier molecular flexibility index (Phi) is 10.4. The van der Waals surface area contributed by atoms with E-state index in [4.69, 9.17) is 0 Å². The molecule has 0 rings (SSSR count). The monoisotopic (exact) mass is 536 g/mol. The van der Waals surface area contributed by atoms with Crippen LogP contribution in [0.4, 0.5) is 57.1 Å². The number of hydrogen-bond acceptors (Lipinski definition) is 4. The SMILES string of the molecule is COC(=O)CSCC#CCSCCC(F)(F)C(F)(F)C(F)(F)C(F)(F)C(F)(F)C(F)(F)F. The third kappa shape index (κ3) is 6.45. The second kappa shape index (κ2) is 10.8. The third-order valence-corrected chi connectivity index (χ3v) is 5.11. The molecule has 0 saturated carbocycles. The first kappa shape index (κ1) is 30.8. The molecular weight excluding hydrogens is 523 g/mol. The number of carbonyl (C=O) groups is 1. The van der Waals surface area contributed by atoms with Crippen LogP contribution < -0.4 is 0 Å². The molecule has 0 aromatic carbocycles. The van der Waals surface area contributed by atoms with Crippen molar-refractivity contribution in [2.75, 3.05) is 30.1 Å². The Morgan fingerprint density at radius 3 is 1.59 bits per heavy atom. The first-order valence-electron chi connectivity index (χ1n) is 7.84. The quantitative estimate of drug-likeness (QED) is 0.145. The second-order valence-electron chi connectivity index (χ2n) is 5.72. The lowest BCUT2D eigenvalue weighted by Crippen LogP contribution is -2.70. The number of rotatable bonds is 11. The Bertz CT molecular complexity index is 696. The van der Waals surface area contributed by atoms with E-state index in [1.165, 1.54) is 0 Å². The van der Waals surface area contributed by atoms with Crippen LogP contribution in [0.15, 0.2) is 0 Å². The van der Waals surface area contributed by atoms with Crippen LogP contribution in [-0.2, 0) is 9.53 Å². The fourth-order valence-corrected chi connectivity index (χ4v) is 2.97. The molecule has 188 valence electrons. The van der Waals surface area contributed by atoms with Gasteiger partial charge >= 0.3 is 41.8 Å². The molecule has 0 aliphatic rings. The standard InChI is InChI=1S/C15H13F13O2S2/c1-30-9(29)8-32-6-3-2-5-31-7-4-10(16,17)11(18,19)12(20,21)13(22,23)14(24,25)15(26,27)28/h4-8H2,1H3. The highest BCUT2D eigenvalue weighted by Crippen LogP contribution is 2.60. The summed E-state index contributed by atoms with van der Waals surface area (Å²) in [5.41, 5.74) is 0. The minimum atomic E-state index is -7.88. The van der Waals surface area contributed by atoms with Crippen LogP contribution in [-0.4, -0.2) is 71.9 Å². The first-order valence-corrected chi connectivity index (χ1v) is 10.2. The van der Waals surface area contributed by atoms with Crippen LogP contribution in [0, 0.1) is 11.8 Å². The van der Waals surface area contributed by atoms with E-state index < -0.39 is 53.9 Å². The summed E-state index contributed by atoms with van der Waals surface area (Å²) >= 11 is 1.34. The maximum atomic E-state index is 13.5. The van der Waals surface area contributed by atoms with Crippen molar-refractivity contribution < 1.29 is 66.6 Å². The number of carbonyl (C=O) groups excluding carboxylic acids is 1. The van der Waals surface area contributed by atoms with Gasteiger partial charge in [0.15, 0.2) is 0 Å². The molecule has 0 unspecified atom stereocenters. The fourth-order valence-electron chi connectivity index (χ4n) is 1.63. The lowest BCUT2D eigenvalue weighted by atomic mass is 9.93. The van der Waals surface area contributed by atoms with Crippen molar-refractivity contribution in [2.45, 2.75) is 42.2 Å². The molecule has 0 heterocycles. The summed E-state index contributed by atoms with van der Waals surface area (Å²) in [6.07, 6.45) is -9.68. The van der Waals surface area contributed by atoms with E-state index in [0.29, 0.717) is 11.8 Å². The molecule has 0 aliphatic carbocycles. The van der Waals surface area contributed by atoms with Gasteiger partial charge in [-0.2, -0.15) is 57.1 Å². The van der Waals surface area contributed by atoms with Gasteiger partial charge in [-0.3, -0.25) is 4.79 Å². The van der Waals surface area contributed by atoms with Gasteiger partial charge < -0.3 is 4.74 Å². The Balaban J connectivity index is 5.10. The topological polar surface area (TPSA) is 26.3 Å². The molecule has 0 N–H and O–H groups in total. The Labute approximate surface area is 181 Å². The highest BCUT2D eigenvalue weighted by atomic mass is 32.2. The molecule has 17 heteroatoms. The lowest BCUT2D eigenvalue weighted by molar-refractivity contribution is -0.439. The van der Waals surface area contributed by atoms with Gasteiger partial charge in [-0.05, 0) is 0 Å². The number of alkyl halides is 13. The smallest absolute Gasteiger partial charge is 0.460 e. The molecule has 0 spiro atoms. The van der Waals surface area contributed by atoms with E-state index in [1.54, 1.807) is 0 Å². The van der Waals surface area contributed by atoms with Crippen molar-refractivity contribution in [2.24, 2.45) is 0 Å². The molecule has 0 aromatic rings. The zero-order valence-electron chi connectivity index (χ0n) is 15.6. The van der Waals surface area contributed by atoms with Crippen molar-refractivity contribution in [1.29, 1.82) is 0 Å². The third-order valence-electron chi connectivity index (χ3n) is 3.48. The van der Waals surface area contributed by atoms with E-state index in [2.05, 4.69) is 16.6 Å². The van der Waals surface area contributed by atoms with Crippen LogP contribution in [0.3, 0.4) is 0 Å². The first-order chi connectivity index (χ1) is 14.2. The van der Waals surface area contributed by atoms with E-state index in [-0.39, 0.29) is 17.3 Å². The van der Waals surface area contributed by atoms with Crippen molar-refractivity contribution >= 4 is 29.5 Å². The highest BCUT2D eigenvalue weighted by molar-refractivity contribution is 8.00. The molecule has 0 atom stereocenters. The predicted octanol–water partition coefficient (Wildman–Crippen LogP) is 5.76. The van der Waals surface area contributed by atoms with Gasteiger partial charge in [0.05, 0.1) is 24.4 Å². The van der Waals surface area contributed by atoms with Crippen LogP contribution in [0.5, 0.6) is 0 Å². The number of esters is 1. The van der Waals surface area contributed by atoms with Crippen LogP contribution in [0.25, 0.3) is 0 Å². The summed E-state index contributed by atoms with van der Waals surface area (Å²) in [7, 11) is 1.13. The summed E-state index contributed by atoms with van der Waals surface area (Å²) in [5.74, 6) is -34.0. The molecule has 0 fully saturated rings. The normalized spacial score (nSPS) is 14.1. The van der Waals surface area contributed by atoms with E-state index in [0.717, 1.165) is 18.9 Å². The fraction of sp³-hybridized carbons (Fsp3) is 0.800. The van der Waals surface area contributed by atoms with Crippen LogP contribution >= 0.6 is 23.5 Å². The van der Waals surface area contributed by atoms with Crippen molar-refractivity contribution in [3.8, 4) is 11.8 Å². The van der Waals surface area contributed by atoms with Crippen LogP contribution in [0.2, 0.25) is 0 Å². The summed E-state index contributed by atoms with van der Waals surface area (Å²) in [4.78, 5) is 10.8. The summed E-state index contributed by atoms with van der Waals surface area (Å²) in [6, 6.07) is 0. The number of hydrogen-bond donors (Lipinski definition) is 0. The molecule has 0 saturated heterocycles. The van der Waals surface area contributed by atoms with Gasteiger partial charge in [0.2, 0.25) is 0 Å². The molecule has 2 nitrogen and oxygen atoms in total. The van der Waals surface area contributed by atoms with Gasteiger partial charge in [-0.25, -0.2) is 0 Å². The summed E-state index contributed by atoms with van der Waals surface area (Å²) in [6.45, 7) is 0. The number of thioether (sulfide) groups is 2. The van der Waals surface area contributed by atoms with E-state index in [9.17, 15) is 61.9 Å². The Morgan fingerprint density at radius 2 is 1.16 bits per heavy atom. The van der Waals surface area contributed by atoms with Gasteiger partial charge in [-0.1, -0.05) is 11.8 Å². The zero-order valence-corrected chi connectivity index (χ0v) is 17.2. The summed E-state index contributed by atoms with van der Waals surface area (Å²) < 4.78 is 172. The molecule has 0 amide bonds. The average molecular weight is 536 g/mol. The van der Waals surface area contributed by atoms with Gasteiger partial charge in [0.25, 0.3) is 0 Å². The molecule has 0 radical (unpaired) electrons. The second-order valence-corrected chi connectivity index (χ2v) is 7.82. The predicted molar refractivity (Wildman–Crippen MR) is 89.8 cm³/mol. The maximum Gasteiger partial charge on any atom is 0.460 e. The average Bonchev–Trinajstić information content (AvgIpc) is 2.64. The molecule has 0 bridgehead atoms. The largest absolute Gasteiger partial charge is 0.468 e. The van der Waals surface area contributed by atoms with Crippen LogP contribution in [0.1, 0.15) is 6.42 Å². The molecule has 0 aromatic heterocycles. The van der Waals surface area contributed by atoms with Gasteiger partial charge in [0, 0.05) is 12.2 Å². The minimum absolute atomic E-state index is 0.0636. The van der Waals surface area contributed by atoms with Gasteiger partial charge in [0.1, 0.15) is 0 Å². The van der Waals surface area contributed by atoms with E-state index in [1.807, 2.05) is 0 Å². The Morgan fingerprint density at radius 1 is 0.719 bits per heavy atom. The van der Waals surface area contributed by atoms with Crippen molar-refractivity contribution in [1.82, 2.24) is 0 Å². The minimum Gasteiger partial charge on any atom is -0.468 e. The van der Waals surface area contributed by atoms with Crippen molar-refractivity contribution in [3.63, 3.8) is 0 Å². The zero-order chi connectivity index (χ0) is 25.6. The summed E-state index contributed by atoms with van der Waals surface area (Å²) in [5, 5.41) is 0.